The second-order valence-electron chi connectivity index (χ2n) is 7.27. The minimum absolute atomic E-state index is 0.0314. The molecule has 2 aliphatic rings. The highest BCUT2D eigenvalue weighted by Gasteiger charge is 2.58. The number of carboxylic acid groups (broad SMARTS) is 1. The molecule has 0 aromatic heterocycles. The molecule has 21 heavy (non-hydrogen) atoms. The van der Waals surface area contributed by atoms with E-state index >= 15 is 0 Å². The number of aliphatic carboxylic acids is 1. The van der Waals surface area contributed by atoms with Gasteiger partial charge in [0.15, 0.2) is 0 Å². The van der Waals surface area contributed by atoms with Crippen LogP contribution in [0, 0.1) is 5.92 Å². The van der Waals surface area contributed by atoms with Crippen molar-refractivity contribution in [2.45, 2.75) is 70.1 Å². The van der Waals surface area contributed by atoms with E-state index in [-0.39, 0.29) is 18.5 Å². The van der Waals surface area contributed by atoms with Crippen LogP contribution in [-0.4, -0.2) is 45.8 Å². The fraction of sp³-hybridized carbons (Fsp3) is 0.867. The molecule has 3 N–H and O–H groups in total. The molecular weight excluding hydrogens is 272 g/mol. The maximum Gasteiger partial charge on any atom is 0.411 e. The molecule has 120 valence electrons. The number of nitrogens with zero attached hydrogens (tertiary/aromatic N) is 1. The van der Waals surface area contributed by atoms with E-state index in [9.17, 15) is 14.7 Å². The van der Waals surface area contributed by atoms with Gasteiger partial charge >= 0.3 is 12.1 Å². The molecule has 1 aliphatic carbocycles. The van der Waals surface area contributed by atoms with E-state index < -0.39 is 23.2 Å². The zero-order valence-corrected chi connectivity index (χ0v) is 13.1. The Morgan fingerprint density at radius 3 is 2.33 bits per heavy atom. The van der Waals surface area contributed by atoms with Gasteiger partial charge in [-0.05, 0) is 46.0 Å². The molecule has 1 saturated carbocycles. The number of nitrogens with two attached hydrogens (primary N) is 1. The number of hydrogen-bond acceptors (Lipinski definition) is 4. The van der Waals surface area contributed by atoms with Crippen LogP contribution in [0.25, 0.3) is 0 Å². The van der Waals surface area contributed by atoms with Gasteiger partial charge in [-0.1, -0.05) is 12.8 Å². The quantitative estimate of drug-likeness (QED) is 0.813. The first-order valence-electron chi connectivity index (χ1n) is 7.66. The van der Waals surface area contributed by atoms with Crippen LogP contribution in [0.1, 0.15) is 52.9 Å². The van der Waals surface area contributed by atoms with E-state index in [4.69, 9.17) is 10.5 Å². The van der Waals surface area contributed by atoms with Crippen LogP contribution >= 0.6 is 0 Å². The number of amides is 1. The number of carboxylic acids is 1. The number of rotatable bonds is 2. The molecule has 2 atom stereocenters. The Hall–Kier alpha value is -1.30. The number of likely N-dealkylation sites (tertiary alicyclic amines) is 1. The van der Waals surface area contributed by atoms with Gasteiger partial charge in [-0.2, -0.15) is 0 Å². The van der Waals surface area contributed by atoms with Gasteiger partial charge in [-0.3, -0.25) is 4.90 Å². The maximum absolute atomic E-state index is 12.5. The summed E-state index contributed by atoms with van der Waals surface area (Å²) in [5, 5.41) is 9.85. The van der Waals surface area contributed by atoms with Gasteiger partial charge in [0.2, 0.25) is 0 Å². The summed E-state index contributed by atoms with van der Waals surface area (Å²) in [6.07, 6.45) is 3.43. The van der Waals surface area contributed by atoms with Crippen LogP contribution in [0.4, 0.5) is 4.79 Å². The smallest absolute Gasteiger partial charge is 0.411 e. The second kappa shape index (κ2) is 5.48. The molecule has 1 heterocycles. The summed E-state index contributed by atoms with van der Waals surface area (Å²) < 4.78 is 5.40. The van der Waals surface area contributed by atoms with Crippen molar-refractivity contribution in [3.05, 3.63) is 0 Å². The third-order valence-electron chi connectivity index (χ3n) is 4.49. The molecule has 2 rings (SSSR count). The average molecular weight is 298 g/mol. The van der Waals surface area contributed by atoms with E-state index in [0.717, 1.165) is 25.7 Å². The monoisotopic (exact) mass is 298 g/mol. The van der Waals surface area contributed by atoms with Gasteiger partial charge < -0.3 is 15.6 Å². The molecule has 2 fully saturated rings. The first kappa shape index (κ1) is 16.1. The standard InChI is InChI=1S/C15H26N2O4/c1-14(2,3)21-13(20)17-9-11(16)8-15(17,12(18)19)10-6-4-5-7-10/h10-11H,4-9,16H2,1-3H3,(H,18,19)/t11-,15-/m0/s1. The summed E-state index contributed by atoms with van der Waals surface area (Å²) in [7, 11) is 0. The fourth-order valence-corrected chi connectivity index (χ4v) is 3.69. The van der Waals surface area contributed by atoms with Crippen molar-refractivity contribution in [2.24, 2.45) is 11.7 Å². The number of hydrogen-bond donors (Lipinski definition) is 2. The van der Waals surface area contributed by atoms with Crippen LogP contribution in [0.3, 0.4) is 0 Å². The minimum Gasteiger partial charge on any atom is -0.479 e. The first-order valence-corrected chi connectivity index (χ1v) is 7.66. The van der Waals surface area contributed by atoms with Gasteiger partial charge in [-0.15, -0.1) is 0 Å². The molecule has 0 unspecified atom stereocenters. The van der Waals surface area contributed by atoms with Crippen molar-refractivity contribution >= 4 is 12.1 Å². The largest absolute Gasteiger partial charge is 0.479 e. The lowest BCUT2D eigenvalue weighted by Gasteiger charge is -2.39. The second-order valence-corrected chi connectivity index (χ2v) is 7.27. The van der Waals surface area contributed by atoms with E-state index in [1.54, 1.807) is 20.8 Å². The number of carbonyl (C=O) groups excluding carboxylic acids is 1. The van der Waals surface area contributed by atoms with Crippen molar-refractivity contribution < 1.29 is 19.4 Å². The van der Waals surface area contributed by atoms with E-state index in [1.807, 2.05) is 0 Å². The predicted octanol–water partition coefficient (Wildman–Crippen LogP) is 1.97. The Labute approximate surface area is 125 Å². The molecule has 1 saturated heterocycles. The summed E-state index contributed by atoms with van der Waals surface area (Å²) >= 11 is 0. The molecular formula is C15H26N2O4. The van der Waals surface area contributed by atoms with Crippen molar-refractivity contribution in [3.63, 3.8) is 0 Å². The van der Waals surface area contributed by atoms with Gasteiger partial charge in [0.25, 0.3) is 0 Å². The van der Waals surface area contributed by atoms with E-state index in [1.165, 1.54) is 4.90 Å². The Morgan fingerprint density at radius 2 is 1.86 bits per heavy atom. The van der Waals surface area contributed by atoms with Gasteiger partial charge in [0.1, 0.15) is 11.1 Å². The highest BCUT2D eigenvalue weighted by molar-refractivity contribution is 5.86. The van der Waals surface area contributed by atoms with Crippen LogP contribution in [-0.2, 0) is 9.53 Å². The molecule has 0 radical (unpaired) electrons. The molecule has 0 spiro atoms. The lowest BCUT2D eigenvalue weighted by Crippen LogP contribution is -2.58. The zero-order valence-electron chi connectivity index (χ0n) is 13.1. The number of carbonyl (C=O) groups is 2. The molecule has 0 aromatic carbocycles. The summed E-state index contributed by atoms with van der Waals surface area (Å²) in [4.78, 5) is 25.9. The van der Waals surface area contributed by atoms with Gasteiger partial charge in [-0.25, -0.2) is 9.59 Å². The first-order chi connectivity index (χ1) is 9.67. The Kier molecular flexibility index (Phi) is 4.19. The van der Waals surface area contributed by atoms with E-state index in [0.29, 0.717) is 6.42 Å². The Bertz CT molecular complexity index is 426. The topological polar surface area (TPSA) is 92.9 Å². The summed E-state index contributed by atoms with van der Waals surface area (Å²) in [5.41, 5.74) is 4.15. The molecule has 6 heteroatoms. The summed E-state index contributed by atoms with van der Waals surface area (Å²) in [6, 6.07) is -0.311. The summed E-state index contributed by atoms with van der Waals surface area (Å²) in [6.45, 7) is 5.58. The lowest BCUT2D eigenvalue weighted by molar-refractivity contribution is -0.153. The average Bonchev–Trinajstić information content (AvgIpc) is 2.93. The zero-order chi connectivity index (χ0) is 15.8. The SMILES string of the molecule is CC(C)(C)OC(=O)N1C[C@@H](N)C[C@@]1(C(=O)O)C1CCCC1. The predicted molar refractivity (Wildman–Crippen MR) is 77.9 cm³/mol. The highest BCUT2D eigenvalue weighted by Crippen LogP contribution is 2.44. The van der Waals surface area contributed by atoms with E-state index in [2.05, 4.69) is 0 Å². The van der Waals surface area contributed by atoms with Crippen LogP contribution in [0.15, 0.2) is 0 Å². The van der Waals surface area contributed by atoms with Crippen LogP contribution in [0.2, 0.25) is 0 Å². The molecule has 1 amide bonds. The maximum atomic E-state index is 12.5. The van der Waals surface area contributed by atoms with Crippen LogP contribution < -0.4 is 5.73 Å². The third kappa shape index (κ3) is 3.00. The fourth-order valence-electron chi connectivity index (χ4n) is 3.69. The highest BCUT2D eigenvalue weighted by atomic mass is 16.6. The normalized spacial score (nSPS) is 30.7. The van der Waals surface area contributed by atoms with Gasteiger partial charge in [0.05, 0.1) is 0 Å². The Morgan fingerprint density at radius 1 is 1.29 bits per heavy atom. The van der Waals surface area contributed by atoms with Gasteiger partial charge in [0, 0.05) is 12.6 Å². The third-order valence-corrected chi connectivity index (χ3v) is 4.49. The van der Waals surface area contributed by atoms with Crippen LogP contribution in [0.5, 0.6) is 0 Å². The molecule has 1 aliphatic heterocycles. The Balaban J connectivity index is 2.32. The summed E-state index contributed by atoms with van der Waals surface area (Å²) in [5.74, 6) is -0.982. The number of ether oxygens (including phenoxy) is 1. The van der Waals surface area contributed by atoms with Crippen molar-refractivity contribution in [2.75, 3.05) is 6.54 Å². The molecule has 6 nitrogen and oxygen atoms in total. The molecule has 0 aromatic rings. The minimum atomic E-state index is -1.20. The lowest BCUT2D eigenvalue weighted by atomic mass is 9.80. The van der Waals surface area contributed by atoms with Crippen molar-refractivity contribution in [1.82, 2.24) is 4.90 Å². The van der Waals surface area contributed by atoms with Crippen molar-refractivity contribution in [3.8, 4) is 0 Å². The molecule has 0 bridgehead atoms. The van der Waals surface area contributed by atoms with Crippen molar-refractivity contribution in [1.29, 1.82) is 0 Å².